The van der Waals surface area contributed by atoms with Gasteiger partial charge in [0.15, 0.2) is 0 Å². The highest BCUT2D eigenvalue weighted by atomic mass is 16.5. The van der Waals surface area contributed by atoms with Crippen molar-refractivity contribution in [2.24, 2.45) is 15.7 Å². The summed E-state index contributed by atoms with van der Waals surface area (Å²) in [5.74, 6) is 0.248. The van der Waals surface area contributed by atoms with Crippen LogP contribution in [0.25, 0.3) is 0 Å². The minimum Gasteiger partial charge on any atom is -0.379 e. The minimum atomic E-state index is -1.08. The van der Waals surface area contributed by atoms with Crippen LogP contribution in [0.15, 0.2) is 70.6 Å². The van der Waals surface area contributed by atoms with Gasteiger partial charge in [-0.3, -0.25) is 5.73 Å². The van der Waals surface area contributed by atoms with E-state index in [1.54, 1.807) is 0 Å². The molecule has 6 heteroatoms. The van der Waals surface area contributed by atoms with E-state index in [0.717, 1.165) is 30.6 Å². The fraction of sp³-hybridized carbons (Fsp3) is 0.300. The Balaban J connectivity index is 1.71. The zero-order valence-corrected chi connectivity index (χ0v) is 14.6. The summed E-state index contributed by atoms with van der Waals surface area (Å²) in [6, 6.07) is 19.9. The van der Waals surface area contributed by atoms with Crippen molar-refractivity contribution in [2.75, 3.05) is 13.2 Å². The van der Waals surface area contributed by atoms with Gasteiger partial charge in [0.25, 0.3) is 0 Å². The van der Waals surface area contributed by atoms with E-state index < -0.39 is 5.79 Å². The number of hydrogen-bond donors (Lipinski definition) is 3. The molecule has 2 atom stereocenters. The Bertz CT molecular complexity index is 799. The molecule has 4 N–H and O–H groups in total. The first-order chi connectivity index (χ1) is 12.7. The van der Waals surface area contributed by atoms with Crippen LogP contribution in [0, 0.1) is 0 Å². The Labute approximate surface area is 153 Å². The Kier molecular flexibility index (Phi) is 4.69. The summed E-state index contributed by atoms with van der Waals surface area (Å²) >= 11 is 0. The van der Waals surface area contributed by atoms with Gasteiger partial charge in [0, 0.05) is 17.7 Å². The van der Waals surface area contributed by atoms with Crippen LogP contribution in [0.2, 0.25) is 0 Å². The summed E-state index contributed by atoms with van der Waals surface area (Å²) in [6.45, 7) is 1.44. The van der Waals surface area contributed by atoms with Gasteiger partial charge in [-0.2, -0.15) is 0 Å². The molecular weight excluding hydrogens is 326 g/mol. The molecule has 134 valence electrons. The highest BCUT2D eigenvalue weighted by molar-refractivity contribution is 6.10. The number of rotatable bonds is 3. The van der Waals surface area contributed by atoms with E-state index in [4.69, 9.17) is 20.5 Å². The number of nitrogens with zero attached hydrogens (tertiary/aromatic N) is 2. The van der Waals surface area contributed by atoms with Crippen LogP contribution in [0.3, 0.4) is 0 Å². The number of hydrogen-bond acceptors (Lipinski definition) is 4. The third kappa shape index (κ3) is 3.61. The molecule has 2 heterocycles. The molecule has 1 saturated heterocycles. The van der Waals surface area contributed by atoms with Crippen molar-refractivity contribution >= 4 is 11.8 Å². The first-order valence-electron chi connectivity index (χ1n) is 8.93. The molecule has 2 aromatic rings. The van der Waals surface area contributed by atoms with Gasteiger partial charge >= 0.3 is 0 Å². The lowest BCUT2D eigenvalue weighted by atomic mass is 10.1. The molecule has 2 aliphatic heterocycles. The van der Waals surface area contributed by atoms with E-state index >= 15 is 0 Å². The van der Waals surface area contributed by atoms with Gasteiger partial charge in [-0.25, -0.2) is 9.98 Å². The van der Waals surface area contributed by atoms with E-state index in [2.05, 4.69) is 10.6 Å². The maximum atomic E-state index is 6.65. The van der Waals surface area contributed by atoms with Gasteiger partial charge < -0.3 is 15.4 Å². The van der Waals surface area contributed by atoms with E-state index in [9.17, 15) is 0 Å². The quantitative estimate of drug-likeness (QED) is 0.791. The lowest BCUT2D eigenvalue weighted by Gasteiger charge is -2.35. The molecule has 0 amide bonds. The van der Waals surface area contributed by atoms with Gasteiger partial charge in [-0.1, -0.05) is 60.7 Å². The number of aliphatic imine (C=N–C) groups is 2. The lowest BCUT2D eigenvalue weighted by Crippen LogP contribution is -2.61. The molecule has 4 rings (SSSR count). The van der Waals surface area contributed by atoms with E-state index in [-0.39, 0.29) is 6.04 Å². The van der Waals surface area contributed by atoms with Crippen molar-refractivity contribution in [2.45, 2.75) is 24.7 Å². The Morgan fingerprint density at radius 1 is 1.08 bits per heavy atom. The maximum Gasteiger partial charge on any atom is 0.213 e. The minimum absolute atomic E-state index is 0.119. The zero-order chi connectivity index (χ0) is 17.8. The highest BCUT2D eigenvalue weighted by Crippen LogP contribution is 2.21. The van der Waals surface area contributed by atoms with Crippen molar-refractivity contribution in [3.05, 3.63) is 71.8 Å². The number of amidine groups is 1. The fourth-order valence-electron chi connectivity index (χ4n) is 3.19. The summed E-state index contributed by atoms with van der Waals surface area (Å²) in [4.78, 5) is 9.56. The molecular formula is C20H23N5O. The fourth-order valence-corrected chi connectivity index (χ4v) is 3.19. The largest absolute Gasteiger partial charge is 0.379 e. The van der Waals surface area contributed by atoms with Crippen molar-refractivity contribution in [3.8, 4) is 0 Å². The Hall–Kier alpha value is -2.70. The second-order valence-corrected chi connectivity index (χ2v) is 6.56. The molecule has 2 unspecified atom stereocenters. The average molecular weight is 349 g/mol. The molecule has 2 aliphatic rings. The third-order valence-electron chi connectivity index (χ3n) is 4.54. The molecule has 0 aromatic heterocycles. The predicted octanol–water partition coefficient (Wildman–Crippen LogP) is 1.93. The molecule has 0 aliphatic carbocycles. The topological polar surface area (TPSA) is 84.0 Å². The summed E-state index contributed by atoms with van der Waals surface area (Å²) in [5, 5.41) is 6.56. The second-order valence-electron chi connectivity index (χ2n) is 6.56. The van der Waals surface area contributed by atoms with Gasteiger partial charge in [-0.15, -0.1) is 0 Å². The number of ether oxygens (including phenoxy) is 1. The van der Waals surface area contributed by atoms with Crippen LogP contribution in [0.1, 0.15) is 24.0 Å². The molecule has 6 nitrogen and oxygen atoms in total. The van der Waals surface area contributed by atoms with Gasteiger partial charge in [0.2, 0.25) is 11.7 Å². The average Bonchev–Trinajstić information content (AvgIpc) is 2.70. The first kappa shape index (κ1) is 16.8. The summed E-state index contributed by atoms with van der Waals surface area (Å²) in [6.07, 6.45) is 2.03. The molecule has 0 bridgehead atoms. The third-order valence-corrected chi connectivity index (χ3v) is 4.54. The Morgan fingerprint density at radius 2 is 1.81 bits per heavy atom. The molecule has 26 heavy (non-hydrogen) atoms. The smallest absolute Gasteiger partial charge is 0.213 e. The van der Waals surface area contributed by atoms with Crippen molar-refractivity contribution in [1.29, 1.82) is 0 Å². The van der Waals surface area contributed by atoms with Crippen LogP contribution in [-0.4, -0.2) is 31.1 Å². The summed E-state index contributed by atoms with van der Waals surface area (Å²) < 4.78 is 5.55. The van der Waals surface area contributed by atoms with Gasteiger partial charge in [0.05, 0.1) is 12.6 Å². The van der Waals surface area contributed by atoms with E-state index in [0.29, 0.717) is 18.4 Å². The molecule has 0 spiro atoms. The van der Waals surface area contributed by atoms with Crippen LogP contribution in [0.5, 0.6) is 0 Å². The van der Waals surface area contributed by atoms with Crippen LogP contribution in [-0.2, 0) is 10.5 Å². The van der Waals surface area contributed by atoms with Crippen molar-refractivity contribution in [3.63, 3.8) is 0 Å². The zero-order valence-electron chi connectivity index (χ0n) is 14.6. The van der Waals surface area contributed by atoms with Crippen LogP contribution in [0.4, 0.5) is 0 Å². The van der Waals surface area contributed by atoms with E-state index in [1.807, 2.05) is 60.7 Å². The highest BCUT2D eigenvalue weighted by Gasteiger charge is 2.33. The van der Waals surface area contributed by atoms with Crippen molar-refractivity contribution < 1.29 is 4.74 Å². The molecule has 1 fully saturated rings. The normalized spacial score (nSPS) is 27.3. The molecule has 0 saturated carbocycles. The number of benzene rings is 2. The maximum absolute atomic E-state index is 6.65. The van der Waals surface area contributed by atoms with Gasteiger partial charge in [0.1, 0.15) is 5.84 Å². The lowest BCUT2D eigenvalue weighted by molar-refractivity contribution is 0.0826. The predicted molar refractivity (Wildman–Crippen MR) is 103 cm³/mol. The molecule has 2 aromatic carbocycles. The van der Waals surface area contributed by atoms with Crippen LogP contribution >= 0.6 is 0 Å². The monoisotopic (exact) mass is 349 g/mol. The summed E-state index contributed by atoms with van der Waals surface area (Å²) in [5.41, 5.74) is 8.50. The Morgan fingerprint density at radius 3 is 2.50 bits per heavy atom. The van der Waals surface area contributed by atoms with Crippen molar-refractivity contribution in [1.82, 2.24) is 10.6 Å². The van der Waals surface area contributed by atoms with E-state index in [1.165, 1.54) is 0 Å². The first-order valence-corrected chi connectivity index (χ1v) is 8.93. The standard InChI is InChI=1S/C20H23N5O/c21-20(16-10-5-2-6-11-16)24-18(15-8-3-1-4-9-15)23-19(25-20)22-17-12-7-13-26-14-17/h1-6,8-11,17H,7,12-14,21H2,(H2,22,23,24,25). The van der Waals surface area contributed by atoms with Crippen LogP contribution < -0.4 is 16.4 Å². The summed E-state index contributed by atoms with van der Waals surface area (Å²) in [7, 11) is 0. The number of nitrogens with two attached hydrogens (primary N) is 1. The second kappa shape index (κ2) is 7.27. The van der Waals surface area contributed by atoms with Gasteiger partial charge in [-0.05, 0) is 12.8 Å². The molecule has 0 radical (unpaired) electrons. The number of nitrogens with one attached hydrogen (secondary N) is 2. The number of guanidine groups is 1. The SMILES string of the molecule is NC1(c2ccccc2)N=C(c2ccccc2)NC(=NC2CCCOC2)N1.